The van der Waals surface area contributed by atoms with Crippen molar-refractivity contribution < 1.29 is 9.59 Å². The van der Waals surface area contributed by atoms with Crippen LogP contribution in [0.25, 0.3) is 10.8 Å². The lowest BCUT2D eigenvalue weighted by molar-refractivity contribution is -0.127. The molecule has 1 fully saturated rings. The molecule has 1 unspecified atom stereocenters. The molecule has 5 heteroatoms. The number of likely N-dealkylation sites (tertiary alicyclic amines) is 1. The van der Waals surface area contributed by atoms with Crippen LogP contribution in [0.1, 0.15) is 25.3 Å². The molecule has 0 spiro atoms. The topological polar surface area (TPSA) is 61.4 Å². The lowest BCUT2D eigenvalue weighted by Crippen LogP contribution is -2.48. The Kier molecular flexibility index (Phi) is 6.63. The number of anilines is 1. The van der Waals surface area contributed by atoms with E-state index >= 15 is 0 Å². The van der Waals surface area contributed by atoms with Gasteiger partial charge in [-0.3, -0.25) is 14.5 Å². The average molecular weight is 416 g/mol. The molecule has 3 aromatic rings. The number of hydrogen-bond donors (Lipinski definition) is 2. The smallest absolute Gasteiger partial charge is 0.241 e. The fourth-order valence-corrected chi connectivity index (χ4v) is 4.16. The van der Waals surface area contributed by atoms with Crippen LogP contribution in [-0.2, 0) is 16.1 Å². The second-order valence-corrected chi connectivity index (χ2v) is 8.24. The Morgan fingerprint density at radius 2 is 1.61 bits per heavy atom. The van der Waals surface area contributed by atoms with E-state index in [1.165, 1.54) is 0 Å². The van der Waals surface area contributed by atoms with Crippen molar-refractivity contribution in [2.75, 3.05) is 18.4 Å². The third-order valence-electron chi connectivity index (χ3n) is 6.15. The number of amides is 2. The second-order valence-electron chi connectivity index (χ2n) is 8.24. The molecule has 3 aromatic carbocycles. The fourth-order valence-electron chi connectivity index (χ4n) is 4.16. The van der Waals surface area contributed by atoms with E-state index in [9.17, 15) is 9.59 Å². The molecule has 0 radical (unpaired) electrons. The van der Waals surface area contributed by atoms with Gasteiger partial charge in [0.25, 0.3) is 0 Å². The van der Waals surface area contributed by atoms with Crippen LogP contribution in [0.2, 0.25) is 0 Å². The quantitative estimate of drug-likeness (QED) is 0.634. The van der Waals surface area contributed by atoms with Crippen molar-refractivity contribution in [3.05, 3.63) is 78.4 Å². The highest BCUT2D eigenvalue weighted by Crippen LogP contribution is 2.22. The number of fused-ring (bicyclic) bond motifs is 1. The van der Waals surface area contributed by atoms with Crippen LogP contribution in [-0.4, -0.2) is 35.8 Å². The molecule has 0 saturated carbocycles. The SMILES string of the molecule is CC(C(=O)Nc1ccc2ccccc2c1)N1CCC(C(=O)NCc2ccccc2)CC1. The summed E-state index contributed by atoms with van der Waals surface area (Å²) in [4.78, 5) is 27.5. The van der Waals surface area contributed by atoms with Crippen LogP contribution in [0.4, 0.5) is 5.69 Å². The number of rotatable bonds is 6. The highest BCUT2D eigenvalue weighted by molar-refractivity contribution is 5.97. The van der Waals surface area contributed by atoms with Crippen molar-refractivity contribution >= 4 is 28.3 Å². The summed E-state index contributed by atoms with van der Waals surface area (Å²) in [6, 6.07) is 23.8. The standard InChI is InChI=1S/C26H29N3O2/c1-19(25(30)28-24-12-11-21-9-5-6-10-23(21)17-24)29-15-13-22(14-16-29)26(31)27-18-20-7-3-2-4-8-20/h2-12,17,19,22H,13-16,18H2,1H3,(H,27,31)(H,28,30). The Balaban J connectivity index is 1.26. The van der Waals surface area contributed by atoms with E-state index in [2.05, 4.69) is 21.6 Å². The number of nitrogens with zero attached hydrogens (tertiary/aromatic N) is 1. The van der Waals surface area contributed by atoms with Gasteiger partial charge in [0.1, 0.15) is 0 Å². The summed E-state index contributed by atoms with van der Waals surface area (Å²) in [5, 5.41) is 8.35. The van der Waals surface area contributed by atoms with E-state index in [4.69, 9.17) is 0 Å². The highest BCUT2D eigenvalue weighted by Gasteiger charge is 2.29. The minimum Gasteiger partial charge on any atom is -0.352 e. The summed E-state index contributed by atoms with van der Waals surface area (Å²) < 4.78 is 0. The Hall–Kier alpha value is -3.18. The first-order valence-electron chi connectivity index (χ1n) is 11.0. The average Bonchev–Trinajstić information content (AvgIpc) is 2.82. The predicted octanol–water partition coefficient (Wildman–Crippen LogP) is 4.20. The van der Waals surface area contributed by atoms with Gasteiger partial charge in [0.05, 0.1) is 6.04 Å². The highest BCUT2D eigenvalue weighted by atomic mass is 16.2. The van der Waals surface area contributed by atoms with Gasteiger partial charge in [0.15, 0.2) is 0 Å². The maximum atomic E-state index is 12.8. The van der Waals surface area contributed by atoms with E-state index < -0.39 is 0 Å². The summed E-state index contributed by atoms with van der Waals surface area (Å²) in [7, 11) is 0. The minimum absolute atomic E-state index is 0.00992. The normalized spacial score (nSPS) is 16.0. The first-order chi connectivity index (χ1) is 15.1. The lowest BCUT2D eigenvalue weighted by atomic mass is 9.94. The maximum absolute atomic E-state index is 12.8. The van der Waals surface area contributed by atoms with Gasteiger partial charge in [-0.2, -0.15) is 0 Å². The molecule has 160 valence electrons. The van der Waals surface area contributed by atoms with Crippen molar-refractivity contribution in [3.63, 3.8) is 0 Å². The molecule has 2 N–H and O–H groups in total. The monoisotopic (exact) mass is 415 g/mol. The number of carbonyl (C=O) groups is 2. The van der Waals surface area contributed by atoms with Crippen molar-refractivity contribution in [1.82, 2.24) is 10.2 Å². The minimum atomic E-state index is -0.236. The first kappa shape index (κ1) is 21.1. The van der Waals surface area contributed by atoms with Crippen molar-refractivity contribution in [2.24, 2.45) is 5.92 Å². The van der Waals surface area contributed by atoms with Crippen LogP contribution in [0.15, 0.2) is 72.8 Å². The van der Waals surface area contributed by atoms with E-state index in [1.54, 1.807) is 0 Å². The molecule has 5 nitrogen and oxygen atoms in total. The maximum Gasteiger partial charge on any atom is 0.241 e. The molecule has 0 bridgehead atoms. The number of hydrogen-bond acceptors (Lipinski definition) is 3. The Morgan fingerprint density at radius 1 is 0.935 bits per heavy atom. The van der Waals surface area contributed by atoms with Crippen LogP contribution in [0.3, 0.4) is 0 Å². The van der Waals surface area contributed by atoms with Gasteiger partial charge in [-0.05, 0) is 61.3 Å². The van der Waals surface area contributed by atoms with Crippen LogP contribution < -0.4 is 10.6 Å². The zero-order chi connectivity index (χ0) is 21.6. The zero-order valence-corrected chi connectivity index (χ0v) is 17.9. The molecule has 1 heterocycles. The van der Waals surface area contributed by atoms with Crippen LogP contribution >= 0.6 is 0 Å². The van der Waals surface area contributed by atoms with E-state index in [0.717, 1.165) is 48.0 Å². The van der Waals surface area contributed by atoms with Gasteiger partial charge >= 0.3 is 0 Å². The van der Waals surface area contributed by atoms with Gasteiger partial charge < -0.3 is 10.6 Å². The van der Waals surface area contributed by atoms with E-state index in [0.29, 0.717) is 6.54 Å². The summed E-state index contributed by atoms with van der Waals surface area (Å²) in [5.74, 6) is 0.106. The van der Waals surface area contributed by atoms with Crippen molar-refractivity contribution in [3.8, 4) is 0 Å². The van der Waals surface area contributed by atoms with Gasteiger partial charge in [0, 0.05) is 18.2 Å². The predicted molar refractivity (Wildman–Crippen MR) is 125 cm³/mol. The van der Waals surface area contributed by atoms with Gasteiger partial charge in [0.2, 0.25) is 11.8 Å². The third kappa shape index (κ3) is 5.30. The molecule has 1 atom stereocenters. The van der Waals surface area contributed by atoms with E-state index in [1.807, 2.05) is 73.7 Å². The fraction of sp³-hybridized carbons (Fsp3) is 0.308. The number of carbonyl (C=O) groups excluding carboxylic acids is 2. The molecular formula is C26H29N3O2. The summed E-state index contributed by atoms with van der Waals surface area (Å²) >= 11 is 0. The van der Waals surface area contributed by atoms with Crippen LogP contribution in [0.5, 0.6) is 0 Å². The van der Waals surface area contributed by atoms with Crippen LogP contribution in [0, 0.1) is 5.92 Å². The molecule has 1 saturated heterocycles. The summed E-state index contributed by atoms with van der Waals surface area (Å²) in [6.45, 7) is 3.99. The molecular weight excluding hydrogens is 386 g/mol. The van der Waals surface area contributed by atoms with Crippen molar-refractivity contribution in [2.45, 2.75) is 32.4 Å². The number of nitrogens with one attached hydrogen (secondary N) is 2. The summed E-state index contributed by atoms with van der Waals surface area (Å²) in [6.07, 6.45) is 1.54. The first-order valence-corrected chi connectivity index (χ1v) is 11.0. The Bertz CT molecular complexity index is 1040. The molecule has 0 aliphatic carbocycles. The summed E-state index contributed by atoms with van der Waals surface area (Å²) in [5.41, 5.74) is 1.91. The van der Waals surface area contributed by atoms with Gasteiger partial charge in [-0.25, -0.2) is 0 Å². The lowest BCUT2D eigenvalue weighted by Gasteiger charge is -2.34. The molecule has 4 rings (SSSR count). The molecule has 1 aliphatic rings. The van der Waals surface area contributed by atoms with Gasteiger partial charge in [-0.15, -0.1) is 0 Å². The Labute approximate surface area is 183 Å². The number of piperidine rings is 1. The second kappa shape index (κ2) is 9.75. The molecule has 2 amide bonds. The van der Waals surface area contributed by atoms with E-state index in [-0.39, 0.29) is 23.8 Å². The Morgan fingerprint density at radius 3 is 2.35 bits per heavy atom. The largest absolute Gasteiger partial charge is 0.352 e. The van der Waals surface area contributed by atoms with Crippen molar-refractivity contribution in [1.29, 1.82) is 0 Å². The zero-order valence-electron chi connectivity index (χ0n) is 17.9. The third-order valence-corrected chi connectivity index (χ3v) is 6.15. The van der Waals surface area contributed by atoms with Gasteiger partial charge in [-0.1, -0.05) is 60.7 Å². The molecule has 1 aliphatic heterocycles. The molecule has 0 aromatic heterocycles. The number of benzene rings is 3. The molecule has 31 heavy (non-hydrogen) atoms.